The first kappa shape index (κ1) is 19.9. The molecule has 0 spiro atoms. The van der Waals surface area contributed by atoms with Gasteiger partial charge in [-0.05, 0) is 48.9 Å². The summed E-state index contributed by atoms with van der Waals surface area (Å²) in [6.45, 7) is 5.25. The molecule has 138 valence electrons. The van der Waals surface area contributed by atoms with Crippen molar-refractivity contribution in [3.63, 3.8) is 0 Å². The number of carbonyl (C=O) groups excluding carboxylic acids is 2. The Balaban J connectivity index is 1.97. The van der Waals surface area contributed by atoms with E-state index >= 15 is 0 Å². The van der Waals surface area contributed by atoms with Gasteiger partial charge in [0.1, 0.15) is 0 Å². The number of hydrogen-bond donors (Lipinski definition) is 2. The van der Waals surface area contributed by atoms with Crippen LogP contribution in [0.1, 0.15) is 39.5 Å². The zero-order valence-electron chi connectivity index (χ0n) is 14.9. The SMILES string of the molecule is CCC(CC)(CCO)CNC(=O)[C@H]1CC(=O)N(c2ccc(Br)cc2)C1. The van der Waals surface area contributed by atoms with Crippen LogP contribution in [-0.2, 0) is 9.59 Å². The fraction of sp³-hybridized carbons (Fsp3) is 0.579. The standard InChI is InChI=1S/C19H27BrN2O3/c1-3-19(4-2,9-10-23)13-21-18(25)14-11-17(24)22(12-14)16-7-5-15(20)6-8-16/h5-8,14,23H,3-4,9-13H2,1-2H3,(H,21,25)/t14-/m0/s1. The quantitative estimate of drug-likeness (QED) is 0.691. The van der Waals surface area contributed by atoms with Crippen molar-refractivity contribution in [1.82, 2.24) is 5.32 Å². The van der Waals surface area contributed by atoms with E-state index in [2.05, 4.69) is 35.1 Å². The molecule has 1 aromatic rings. The summed E-state index contributed by atoms with van der Waals surface area (Å²) in [6, 6.07) is 7.54. The van der Waals surface area contributed by atoms with E-state index in [1.807, 2.05) is 24.3 Å². The van der Waals surface area contributed by atoms with Crippen LogP contribution in [0.25, 0.3) is 0 Å². The number of rotatable bonds is 8. The second kappa shape index (κ2) is 8.81. The molecule has 0 aromatic heterocycles. The number of halogens is 1. The number of nitrogens with zero attached hydrogens (tertiary/aromatic N) is 1. The number of aliphatic hydroxyl groups is 1. The summed E-state index contributed by atoms with van der Waals surface area (Å²) in [5.74, 6) is -0.413. The number of benzene rings is 1. The van der Waals surface area contributed by atoms with Gasteiger partial charge in [0.15, 0.2) is 0 Å². The highest BCUT2D eigenvalue weighted by molar-refractivity contribution is 9.10. The summed E-state index contributed by atoms with van der Waals surface area (Å²) in [5.41, 5.74) is 0.749. The van der Waals surface area contributed by atoms with Crippen LogP contribution in [0.15, 0.2) is 28.7 Å². The maximum absolute atomic E-state index is 12.5. The normalized spacial score (nSPS) is 17.8. The third-order valence-electron chi connectivity index (χ3n) is 5.41. The van der Waals surface area contributed by atoms with Gasteiger partial charge in [-0.15, -0.1) is 0 Å². The van der Waals surface area contributed by atoms with Gasteiger partial charge in [0, 0.05) is 36.3 Å². The average molecular weight is 411 g/mol. The lowest BCUT2D eigenvalue weighted by Gasteiger charge is -2.31. The largest absolute Gasteiger partial charge is 0.396 e. The zero-order chi connectivity index (χ0) is 18.4. The molecule has 0 bridgehead atoms. The number of nitrogens with one attached hydrogen (secondary N) is 1. The lowest BCUT2D eigenvalue weighted by molar-refractivity contribution is -0.126. The second-order valence-corrected chi connectivity index (χ2v) is 7.70. The molecule has 0 radical (unpaired) electrons. The highest BCUT2D eigenvalue weighted by Crippen LogP contribution is 2.30. The molecule has 2 rings (SSSR count). The molecule has 1 heterocycles. The third-order valence-corrected chi connectivity index (χ3v) is 5.94. The van der Waals surface area contributed by atoms with Gasteiger partial charge in [-0.2, -0.15) is 0 Å². The summed E-state index contributed by atoms with van der Waals surface area (Å²) in [6.07, 6.45) is 2.72. The predicted molar refractivity (Wildman–Crippen MR) is 102 cm³/mol. The van der Waals surface area contributed by atoms with E-state index in [0.29, 0.717) is 19.5 Å². The molecule has 2 amide bonds. The molecule has 6 heteroatoms. The fourth-order valence-electron chi connectivity index (χ4n) is 3.35. The fourth-order valence-corrected chi connectivity index (χ4v) is 3.62. The molecule has 0 saturated carbocycles. The maximum Gasteiger partial charge on any atom is 0.227 e. The van der Waals surface area contributed by atoms with Crippen molar-refractivity contribution in [2.45, 2.75) is 39.5 Å². The molecule has 1 aliphatic heterocycles. The van der Waals surface area contributed by atoms with Crippen molar-refractivity contribution in [3.05, 3.63) is 28.7 Å². The number of amides is 2. The molecule has 1 aromatic carbocycles. The van der Waals surface area contributed by atoms with Crippen molar-refractivity contribution in [2.75, 3.05) is 24.6 Å². The molecule has 0 unspecified atom stereocenters. The first-order chi connectivity index (χ1) is 11.9. The lowest BCUT2D eigenvalue weighted by atomic mass is 9.79. The van der Waals surface area contributed by atoms with E-state index < -0.39 is 0 Å². The molecule has 1 aliphatic rings. The van der Waals surface area contributed by atoms with Crippen LogP contribution in [0.2, 0.25) is 0 Å². The number of anilines is 1. The minimum atomic E-state index is -0.323. The Labute approximate surface area is 157 Å². The number of hydrogen-bond acceptors (Lipinski definition) is 3. The number of carbonyl (C=O) groups is 2. The topological polar surface area (TPSA) is 69.6 Å². The van der Waals surface area contributed by atoms with Gasteiger partial charge in [0.05, 0.1) is 5.92 Å². The van der Waals surface area contributed by atoms with E-state index in [1.54, 1.807) is 4.90 Å². The minimum Gasteiger partial charge on any atom is -0.396 e. The summed E-state index contributed by atoms with van der Waals surface area (Å²) in [7, 11) is 0. The van der Waals surface area contributed by atoms with Crippen LogP contribution >= 0.6 is 15.9 Å². The van der Waals surface area contributed by atoms with E-state index in [4.69, 9.17) is 0 Å². The summed E-state index contributed by atoms with van der Waals surface area (Å²) in [5, 5.41) is 12.3. The van der Waals surface area contributed by atoms with Crippen molar-refractivity contribution in [2.24, 2.45) is 11.3 Å². The molecule has 1 atom stereocenters. The first-order valence-electron chi connectivity index (χ1n) is 8.89. The monoisotopic (exact) mass is 410 g/mol. The van der Waals surface area contributed by atoms with Gasteiger partial charge in [0.2, 0.25) is 11.8 Å². The van der Waals surface area contributed by atoms with Gasteiger partial charge in [0.25, 0.3) is 0 Å². The van der Waals surface area contributed by atoms with Crippen LogP contribution in [0, 0.1) is 11.3 Å². The lowest BCUT2D eigenvalue weighted by Crippen LogP contribution is -2.41. The molecule has 1 fully saturated rings. The van der Waals surface area contributed by atoms with Gasteiger partial charge in [-0.25, -0.2) is 0 Å². The Hall–Kier alpha value is -1.40. The van der Waals surface area contributed by atoms with Gasteiger partial charge in [-0.3, -0.25) is 9.59 Å². The van der Waals surface area contributed by atoms with Crippen LogP contribution < -0.4 is 10.2 Å². The second-order valence-electron chi connectivity index (χ2n) is 6.78. The zero-order valence-corrected chi connectivity index (χ0v) is 16.5. The third kappa shape index (κ3) is 4.82. The summed E-state index contributed by atoms with van der Waals surface area (Å²) < 4.78 is 0.955. The summed E-state index contributed by atoms with van der Waals surface area (Å²) in [4.78, 5) is 26.5. The Morgan fingerprint density at radius 2 is 1.96 bits per heavy atom. The Morgan fingerprint density at radius 3 is 2.52 bits per heavy atom. The molecular formula is C19H27BrN2O3. The van der Waals surface area contributed by atoms with E-state index in [9.17, 15) is 14.7 Å². The highest BCUT2D eigenvalue weighted by Gasteiger charge is 2.36. The van der Waals surface area contributed by atoms with E-state index in [0.717, 1.165) is 23.0 Å². The van der Waals surface area contributed by atoms with Gasteiger partial charge < -0.3 is 15.3 Å². The van der Waals surface area contributed by atoms with Crippen LogP contribution in [0.3, 0.4) is 0 Å². The first-order valence-corrected chi connectivity index (χ1v) is 9.68. The molecule has 2 N–H and O–H groups in total. The molecule has 1 saturated heterocycles. The Kier molecular flexibility index (Phi) is 7.02. The van der Waals surface area contributed by atoms with Crippen molar-refractivity contribution < 1.29 is 14.7 Å². The van der Waals surface area contributed by atoms with Crippen LogP contribution in [-0.4, -0.2) is 36.6 Å². The van der Waals surface area contributed by atoms with Crippen molar-refractivity contribution >= 4 is 33.4 Å². The van der Waals surface area contributed by atoms with Crippen molar-refractivity contribution in [1.29, 1.82) is 0 Å². The van der Waals surface area contributed by atoms with E-state index in [-0.39, 0.29) is 36.2 Å². The predicted octanol–water partition coefficient (Wildman–Crippen LogP) is 3.11. The van der Waals surface area contributed by atoms with Crippen LogP contribution in [0.4, 0.5) is 5.69 Å². The minimum absolute atomic E-state index is 0.0184. The van der Waals surface area contributed by atoms with E-state index in [1.165, 1.54) is 0 Å². The van der Waals surface area contributed by atoms with Crippen LogP contribution in [0.5, 0.6) is 0 Å². The highest BCUT2D eigenvalue weighted by atomic mass is 79.9. The average Bonchev–Trinajstić information content (AvgIpc) is 3.01. The maximum atomic E-state index is 12.5. The molecule has 0 aliphatic carbocycles. The van der Waals surface area contributed by atoms with Crippen molar-refractivity contribution in [3.8, 4) is 0 Å². The smallest absolute Gasteiger partial charge is 0.227 e. The van der Waals surface area contributed by atoms with Gasteiger partial charge in [-0.1, -0.05) is 29.8 Å². The molecule has 25 heavy (non-hydrogen) atoms. The molecule has 5 nitrogen and oxygen atoms in total. The van der Waals surface area contributed by atoms with Gasteiger partial charge >= 0.3 is 0 Å². The molecular weight excluding hydrogens is 384 g/mol. The summed E-state index contributed by atoms with van der Waals surface area (Å²) >= 11 is 3.38. The Bertz CT molecular complexity index is 599. The number of aliphatic hydroxyl groups excluding tert-OH is 1. The Morgan fingerprint density at radius 1 is 1.32 bits per heavy atom.